The number of halogens is 3. The van der Waals surface area contributed by atoms with Crippen LogP contribution in [0.2, 0.25) is 0 Å². The van der Waals surface area contributed by atoms with E-state index in [1.54, 1.807) is 4.90 Å². The van der Waals surface area contributed by atoms with E-state index < -0.39 is 11.7 Å². The van der Waals surface area contributed by atoms with Gasteiger partial charge in [-0.05, 0) is 38.8 Å². The lowest BCUT2D eigenvalue weighted by atomic mass is 10.0. The van der Waals surface area contributed by atoms with Gasteiger partial charge in [-0.3, -0.25) is 4.79 Å². The van der Waals surface area contributed by atoms with E-state index in [0.29, 0.717) is 18.7 Å². The number of carbonyl (C=O) groups excluding carboxylic acids is 1. The molecule has 9 heteroatoms. The molecule has 1 fully saturated rings. The van der Waals surface area contributed by atoms with Crippen LogP contribution in [0.5, 0.6) is 0 Å². The molecular weight excluding hydrogens is 407 g/mol. The van der Waals surface area contributed by atoms with E-state index in [1.165, 1.54) is 41.3 Å². The Balaban J connectivity index is 1.79. The number of nitrogens with zero attached hydrogens (tertiary/aromatic N) is 5. The molecule has 1 saturated carbocycles. The fourth-order valence-electron chi connectivity index (χ4n) is 3.67. The van der Waals surface area contributed by atoms with Gasteiger partial charge in [0.25, 0.3) is 11.9 Å². The average molecular weight is 429 g/mol. The van der Waals surface area contributed by atoms with E-state index in [2.05, 4.69) is 15.1 Å². The molecule has 0 saturated heterocycles. The van der Waals surface area contributed by atoms with Crippen molar-refractivity contribution in [1.29, 1.82) is 0 Å². The molecule has 6 nitrogen and oxygen atoms in total. The van der Waals surface area contributed by atoms with Crippen LogP contribution in [-0.2, 0) is 6.18 Å². The molecule has 0 bridgehead atoms. The predicted octanol–water partition coefficient (Wildman–Crippen LogP) is 4.71. The Kier molecular flexibility index (Phi) is 5.51. The first-order valence-electron chi connectivity index (χ1n) is 10.2. The highest BCUT2D eigenvalue weighted by Crippen LogP contribution is 2.42. The lowest BCUT2D eigenvalue weighted by Gasteiger charge is -2.18. The van der Waals surface area contributed by atoms with Crippen LogP contribution < -0.4 is 0 Å². The first kappa shape index (κ1) is 21.0. The average Bonchev–Trinajstić information content (AvgIpc) is 3.51. The molecule has 0 unspecified atom stereocenters. The maximum atomic E-state index is 13.5. The van der Waals surface area contributed by atoms with Crippen molar-refractivity contribution in [1.82, 2.24) is 24.6 Å². The summed E-state index contributed by atoms with van der Waals surface area (Å²) in [6.07, 6.45) is 0.251. The van der Waals surface area contributed by atoms with Gasteiger partial charge in [0.2, 0.25) is 0 Å². The van der Waals surface area contributed by atoms with Crippen LogP contribution >= 0.6 is 0 Å². The van der Waals surface area contributed by atoms with Crippen molar-refractivity contribution in [2.45, 2.75) is 38.8 Å². The smallest absolute Gasteiger partial charge is 0.339 e. The molecule has 0 spiro atoms. The zero-order valence-corrected chi connectivity index (χ0v) is 17.2. The number of aromatic nitrogens is 4. The quantitative estimate of drug-likeness (QED) is 0.569. The fourth-order valence-corrected chi connectivity index (χ4v) is 3.67. The lowest BCUT2D eigenvalue weighted by Crippen LogP contribution is -2.31. The summed E-state index contributed by atoms with van der Waals surface area (Å²) in [4.78, 5) is 23.3. The monoisotopic (exact) mass is 429 g/mol. The Hall–Kier alpha value is -3.23. The zero-order valence-electron chi connectivity index (χ0n) is 17.2. The number of benzene rings is 1. The van der Waals surface area contributed by atoms with Crippen molar-refractivity contribution in [3.05, 3.63) is 59.5 Å². The first-order valence-corrected chi connectivity index (χ1v) is 10.2. The third kappa shape index (κ3) is 4.04. The van der Waals surface area contributed by atoms with Gasteiger partial charge in [-0.25, -0.2) is 14.6 Å². The SMILES string of the molecule is CCN(CC)C(=O)c1cnn(-c2nccc(-c3ccccc3C(F)(F)F)n2)c1C1CC1. The van der Waals surface area contributed by atoms with E-state index in [-0.39, 0.29) is 29.0 Å². The van der Waals surface area contributed by atoms with Gasteiger partial charge in [-0.15, -0.1) is 0 Å². The summed E-state index contributed by atoms with van der Waals surface area (Å²) in [5.74, 6) is 0.193. The molecule has 4 rings (SSSR count). The number of alkyl halides is 3. The Morgan fingerprint density at radius 3 is 2.52 bits per heavy atom. The molecule has 162 valence electrons. The third-order valence-corrected chi connectivity index (χ3v) is 5.39. The number of hydrogen-bond acceptors (Lipinski definition) is 4. The van der Waals surface area contributed by atoms with Gasteiger partial charge in [-0.1, -0.05) is 18.2 Å². The maximum absolute atomic E-state index is 13.5. The molecule has 0 N–H and O–H groups in total. The van der Waals surface area contributed by atoms with Crippen LogP contribution in [0.25, 0.3) is 17.2 Å². The molecule has 2 heterocycles. The number of amides is 1. The van der Waals surface area contributed by atoms with Crippen LogP contribution in [0, 0.1) is 0 Å². The summed E-state index contributed by atoms with van der Waals surface area (Å²) in [6.45, 7) is 4.97. The molecule has 2 aromatic heterocycles. The Morgan fingerprint density at radius 2 is 1.87 bits per heavy atom. The molecule has 3 aromatic rings. The minimum Gasteiger partial charge on any atom is -0.339 e. The van der Waals surface area contributed by atoms with Gasteiger partial charge in [-0.2, -0.15) is 18.3 Å². The Bertz CT molecular complexity index is 1100. The number of hydrogen-bond donors (Lipinski definition) is 0. The molecule has 1 aromatic carbocycles. The maximum Gasteiger partial charge on any atom is 0.417 e. The van der Waals surface area contributed by atoms with Crippen LogP contribution in [0.15, 0.2) is 42.7 Å². The summed E-state index contributed by atoms with van der Waals surface area (Å²) < 4.78 is 41.9. The van der Waals surface area contributed by atoms with E-state index in [9.17, 15) is 18.0 Å². The highest BCUT2D eigenvalue weighted by molar-refractivity contribution is 5.95. The predicted molar refractivity (Wildman–Crippen MR) is 109 cm³/mol. The van der Waals surface area contributed by atoms with Crippen molar-refractivity contribution in [2.75, 3.05) is 13.1 Å². The van der Waals surface area contributed by atoms with E-state index in [4.69, 9.17) is 0 Å². The van der Waals surface area contributed by atoms with Crippen LogP contribution in [0.3, 0.4) is 0 Å². The van der Waals surface area contributed by atoms with Crippen molar-refractivity contribution in [2.24, 2.45) is 0 Å². The molecule has 1 aliphatic rings. The van der Waals surface area contributed by atoms with Crippen LogP contribution in [0.1, 0.15) is 54.2 Å². The topological polar surface area (TPSA) is 63.9 Å². The molecule has 31 heavy (non-hydrogen) atoms. The van der Waals surface area contributed by atoms with E-state index in [0.717, 1.165) is 24.6 Å². The van der Waals surface area contributed by atoms with E-state index in [1.807, 2.05) is 13.8 Å². The number of rotatable bonds is 6. The van der Waals surface area contributed by atoms with Gasteiger partial charge < -0.3 is 4.90 Å². The van der Waals surface area contributed by atoms with Gasteiger partial charge in [0.05, 0.1) is 28.7 Å². The Morgan fingerprint density at radius 1 is 1.16 bits per heavy atom. The molecule has 0 radical (unpaired) electrons. The van der Waals surface area contributed by atoms with Gasteiger partial charge >= 0.3 is 6.18 Å². The molecule has 1 aliphatic carbocycles. The Labute approximate surface area is 177 Å². The van der Waals surface area contributed by atoms with Gasteiger partial charge in [0.1, 0.15) is 0 Å². The molecular formula is C22H22F3N5O. The largest absolute Gasteiger partial charge is 0.417 e. The van der Waals surface area contributed by atoms with Gasteiger partial charge in [0.15, 0.2) is 0 Å². The summed E-state index contributed by atoms with van der Waals surface area (Å²) >= 11 is 0. The number of carbonyl (C=O) groups is 1. The van der Waals surface area contributed by atoms with Crippen molar-refractivity contribution < 1.29 is 18.0 Å². The first-order chi connectivity index (χ1) is 14.8. The van der Waals surface area contributed by atoms with Crippen LogP contribution in [0.4, 0.5) is 13.2 Å². The third-order valence-electron chi connectivity index (χ3n) is 5.39. The van der Waals surface area contributed by atoms with Gasteiger partial charge in [0, 0.05) is 30.8 Å². The standard InChI is InChI=1S/C22H22F3N5O/c1-3-29(4-2)20(31)16-13-27-30(19(16)14-9-10-14)21-26-12-11-18(28-21)15-7-5-6-8-17(15)22(23,24)25/h5-8,11-14H,3-4,9-10H2,1-2H3. The summed E-state index contributed by atoms with van der Waals surface area (Å²) in [5.41, 5.74) is 0.569. The van der Waals surface area contributed by atoms with E-state index >= 15 is 0 Å². The normalized spacial score (nSPS) is 14.0. The lowest BCUT2D eigenvalue weighted by molar-refractivity contribution is -0.137. The van der Waals surface area contributed by atoms with Crippen molar-refractivity contribution >= 4 is 5.91 Å². The summed E-state index contributed by atoms with van der Waals surface area (Å²) in [6, 6.07) is 6.74. The highest BCUT2D eigenvalue weighted by atomic mass is 19.4. The molecule has 0 aliphatic heterocycles. The second kappa shape index (κ2) is 8.13. The van der Waals surface area contributed by atoms with Crippen LogP contribution in [-0.4, -0.2) is 43.6 Å². The minimum atomic E-state index is -4.50. The molecule has 0 atom stereocenters. The summed E-state index contributed by atoms with van der Waals surface area (Å²) in [5, 5.41) is 4.35. The minimum absolute atomic E-state index is 0.0294. The summed E-state index contributed by atoms with van der Waals surface area (Å²) in [7, 11) is 0. The van der Waals surface area contributed by atoms with Crippen molar-refractivity contribution in [3.63, 3.8) is 0 Å². The second-order valence-corrected chi connectivity index (χ2v) is 7.39. The highest BCUT2D eigenvalue weighted by Gasteiger charge is 2.35. The van der Waals surface area contributed by atoms with Crippen molar-refractivity contribution in [3.8, 4) is 17.2 Å². The zero-order chi connectivity index (χ0) is 22.2. The molecule has 1 amide bonds. The second-order valence-electron chi connectivity index (χ2n) is 7.39. The fraction of sp³-hybridized carbons (Fsp3) is 0.364.